The molecule has 0 aromatic carbocycles. The molecule has 1 aliphatic heterocycles. The van der Waals surface area contributed by atoms with Crippen molar-refractivity contribution in [2.75, 3.05) is 0 Å². The maximum Gasteiger partial charge on any atom is 0.232 e. The minimum atomic E-state index is 0.169. The maximum absolute atomic E-state index is 10.8. The van der Waals surface area contributed by atoms with Crippen LogP contribution in [0.2, 0.25) is 0 Å². The number of hydrogen-bond donors (Lipinski definition) is 0. The van der Waals surface area contributed by atoms with Crippen LogP contribution in [0.25, 0.3) is 0 Å². The molecule has 9 heavy (non-hydrogen) atoms. The van der Waals surface area contributed by atoms with E-state index in [1.165, 1.54) is 0 Å². The summed E-state index contributed by atoms with van der Waals surface area (Å²) in [7, 11) is 0. The summed E-state index contributed by atoms with van der Waals surface area (Å²) < 4.78 is 1.61. The number of nitrogens with zero attached hydrogens (tertiary/aromatic N) is 2. The third-order valence-corrected chi connectivity index (χ3v) is 1.55. The first kappa shape index (κ1) is 4.73. The first-order valence-corrected chi connectivity index (χ1v) is 2.93. The summed E-state index contributed by atoms with van der Waals surface area (Å²) >= 11 is 0. The summed E-state index contributed by atoms with van der Waals surface area (Å²) in [6, 6.07) is 0. The van der Waals surface area contributed by atoms with Gasteiger partial charge in [-0.15, -0.1) is 0 Å². The molecule has 0 radical (unpaired) electrons. The molecular formula is C6H6N2O. The molecule has 0 atom stereocenters. The zero-order valence-corrected chi connectivity index (χ0v) is 4.87. The van der Waals surface area contributed by atoms with Crippen molar-refractivity contribution in [1.82, 2.24) is 9.55 Å². The van der Waals surface area contributed by atoms with Gasteiger partial charge in [-0.25, -0.2) is 4.98 Å². The largest absolute Gasteiger partial charge is 0.274 e. The van der Waals surface area contributed by atoms with Gasteiger partial charge in [0.25, 0.3) is 0 Å². The summed E-state index contributed by atoms with van der Waals surface area (Å²) in [6.07, 6.45) is 4.81. The van der Waals surface area contributed by atoms with E-state index in [9.17, 15) is 4.79 Å². The fourth-order valence-corrected chi connectivity index (χ4v) is 1.09. The van der Waals surface area contributed by atoms with Crippen molar-refractivity contribution >= 4 is 5.91 Å². The van der Waals surface area contributed by atoms with Gasteiger partial charge in [0, 0.05) is 25.2 Å². The van der Waals surface area contributed by atoms with Gasteiger partial charge < -0.3 is 0 Å². The molecule has 0 unspecified atom stereocenters. The standard InChI is InChI=1S/C6H6N2O/c9-6-2-1-5-7-3-4-8(5)6/h3-4H,1-2H2. The molecule has 2 heterocycles. The average molecular weight is 122 g/mol. The normalized spacial score (nSPS) is 16.2. The zero-order valence-electron chi connectivity index (χ0n) is 4.87. The molecule has 0 aliphatic carbocycles. The zero-order chi connectivity index (χ0) is 6.27. The first-order valence-electron chi connectivity index (χ1n) is 2.93. The van der Waals surface area contributed by atoms with Gasteiger partial charge in [0.05, 0.1) is 0 Å². The van der Waals surface area contributed by atoms with Crippen LogP contribution in [0, 0.1) is 0 Å². The van der Waals surface area contributed by atoms with Crippen LogP contribution in [-0.2, 0) is 6.42 Å². The summed E-state index contributed by atoms with van der Waals surface area (Å²) in [5, 5.41) is 0. The van der Waals surface area contributed by atoms with E-state index in [4.69, 9.17) is 0 Å². The molecule has 0 N–H and O–H groups in total. The number of aromatic nitrogens is 2. The Bertz CT molecular complexity index is 251. The monoisotopic (exact) mass is 122 g/mol. The van der Waals surface area contributed by atoms with E-state index in [2.05, 4.69) is 4.98 Å². The minimum absolute atomic E-state index is 0.169. The lowest BCUT2D eigenvalue weighted by Gasteiger charge is -1.87. The summed E-state index contributed by atoms with van der Waals surface area (Å²) in [4.78, 5) is 14.8. The van der Waals surface area contributed by atoms with Gasteiger partial charge in [0.1, 0.15) is 5.82 Å². The predicted molar refractivity (Wildman–Crippen MR) is 31.2 cm³/mol. The van der Waals surface area contributed by atoms with Crippen LogP contribution in [0.5, 0.6) is 0 Å². The molecule has 2 rings (SSSR count). The van der Waals surface area contributed by atoms with Gasteiger partial charge in [-0.1, -0.05) is 0 Å². The number of carbonyl (C=O) groups is 1. The average Bonchev–Trinajstić information content (AvgIpc) is 2.35. The van der Waals surface area contributed by atoms with E-state index in [0.717, 1.165) is 12.2 Å². The second-order valence-electron chi connectivity index (χ2n) is 2.11. The van der Waals surface area contributed by atoms with E-state index < -0.39 is 0 Å². The van der Waals surface area contributed by atoms with E-state index >= 15 is 0 Å². The topological polar surface area (TPSA) is 34.9 Å². The molecule has 0 spiro atoms. The van der Waals surface area contributed by atoms with Crippen molar-refractivity contribution < 1.29 is 4.79 Å². The lowest BCUT2D eigenvalue weighted by Crippen LogP contribution is -2.00. The Hall–Kier alpha value is -1.12. The van der Waals surface area contributed by atoms with Crippen molar-refractivity contribution in [1.29, 1.82) is 0 Å². The first-order chi connectivity index (χ1) is 4.38. The summed E-state index contributed by atoms with van der Waals surface area (Å²) in [6.45, 7) is 0. The number of carbonyl (C=O) groups excluding carboxylic acids is 1. The van der Waals surface area contributed by atoms with E-state index in [1.807, 2.05) is 0 Å². The van der Waals surface area contributed by atoms with Crippen LogP contribution in [-0.4, -0.2) is 15.5 Å². The van der Waals surface area contributed by atoms with Gasteiger partial charge in [0.2, 0.25) is 5.91 Å². The molecule has 1 aromatic heterocycles. The molecule has 0 bridgehead atoms. The van der Waals surface area contributed by atoms with Crippen molar-refractivity contribution in [3.63, 3.8) is 0 Å². The number of aryl methyl sites for hydroxylation is 1. The fourth-order valence-electron chi connectivity index (χ4n) is 1.09. The summed E-state index contributed by atoms with van der Waals surface area (Å²) in [5.74, 6) is 1.07. The number of rotatable bonds is 0. The molecule has 3 nitrogen and oxygen atoms in total. The van der Waals surface area contributed by atoms with Gasteiger partial charge in [-0.2, -0.15) is 0 Å². The van der Waals surface area contributed by atoms with Crippen LogP contribution in [0.3, 0.4) is 0 Å². The quantitative estimate of drug-likeness (QED) is 0.501. The highest BCUT2D eigenvalue weighted by Crippen LogP contribution is 2.10. The molecule has 3 heteroatoms. The van der Waals surface area contributed by atoms with Crippen LogP contribution < -0.4 is 0 Å². The molecular weight excluding hydrogens is 116 g/mol. The molecule has 0 saturated heterocycles. The van der Waals surface area contributed by atoms with Crippen molar-refractivity contribution in [2.45, 2.75) is 12.8 Å². The number of fused-ring (bicyclic) bond motifs is 1. The molecule has 1 aromatic rings. The van der Waals surface area contributed by atoms with Crippen LogP contribution in [0.15, 0.2) is 12.4 Å². The van der Waals surface area contributed by atoms with Gasteiger partial charge in [-0.3, -0.25) is 9.36 Å². The molecule has 0 fully saturated rings. The third kappa shape index (κ3) is 0.512. The molecule has 0 saturated carbocycles. The highest BCUT2D eigenvalue weighted by Gasteiger charge is 2.17. The lowest BCUT2D eigenvalue weighted by atomic mass is 10.3. The van der Waals surface area contributed by atoms with Crippen LogP contribution in [0.1, 0.15) is 17.0 Å². The van der Waals surface area contributed by atoms with Crippen LogP contribution in [0.4, 0.5) is 0 Å². The Morgan fingerprint density at radius 3 is 3.22 bits per heavy atom. The Kier molecular flexibility index (Phi) is 0.754. The second-order valence-corrected chi connectivity index (χ2v) is 2.11. The molecule has 0 amide bonds. The SMILES string of the molecule is O=C1CCc2nccn21. The van der Waals surface area contributed by atoms with Crippen LogP contribution >= 0.6 is 0 Å². The lowest BCUT2D eigenvalue weighted by molar-refractivity contribution is 0.0924. The second kappa shape index (κ2) is 1.43. The highest BCUT2D eigenvalue weighted by molar-refractivity contribution is 5.81. The third-order valence-electron chi connectivity index (χ3n) is 1.55. The Balaban J connectivity index is 2.61. The van der Waals surface area contributed by atoms with Crippen molar-refractivity contribution in [3.8, 4) is 0 Å². The number of hydrogen-bond acceptors (Lipinski definition) is 2. The van der Waals surface area contributed by atoms with E-state index in [1.54, 1.807) is 17.0 Å². The van der Waals surface area contributed by atoms with Gasteiger partial charge >= 0.3 is 0 Å². The van der Waals surface area contributed by atoms with E-state index in [0.29, 0.717) is 6.42 Å². The van der Waals surface area contributed by atoms with Crippen molar-refractivity contribution in [2.24, 2.45) is 0 Å². The van der Waals surface area contributed by atoms with Gasteiger partial charge in [-0.05, 0) is 0 Å². The molecule has 1 aliphatic rings. The predicted octanol–water partition coefficient (Wildman–Crippen LogP) is 0.469. The molecule has 46 valence electrons. The number of imidazole rings is 1. The Labute approximate surface area is 52.3 Å². The smallest absolute Gasteiger partial charge is 0.232 e. The van der Waals surface area contributed by atoms with Gasteiger partial charge in [0.15, 0.2) is 0 Å². The fraction of sp³-hybridized carbons (Fsp3) is 0.333. The Morgan fingerprint density at radius 1 is 1.56 bits per heavy atom. The van der Waals surface area contributed by atoms with E-state index in [-0.39, 0.29) is 5.91 Å². The highest BCUT2D eigenvalue weighted by atomic mass is 16.2. The summed E-state index contributed by atoms with van der Waals surface area (Å²) in [5.41, 5.74) is 0. The minimum Gasteiger partial charge on any atom is -0.274 e. The Morgan fingerprint density at radius 2 is 2.44 bits per heavy atom. The van der Waals surface area contributed by atoms with Crippen molar-refractivity contribution in [3.05, 3.63) is 18.2 Å². The maximum atomic E-state index is 10.8.